The largest absolute Gasteiger partial charge is 0.339 e. The van der Waals surface area contributed by atoms with Crippen LogP contribution in [-0.2, 0) is 0 Å². The summed E-state index contributed by atoms with van der Waals surface area (Å²) in [7, 11) is 0. The third kappa shape index (κ3) is 2.73. The van der Waals surface area contributed by atoms with Crippen molar-refractivity contribution < 1.29 is 9.59 Å². The van der Waals surface area contributed by atoms with E-state index >= 15 is 0 Å². The topological polar surface area (TPSA) is 37.4 Å². The summed E-state index contributed by atoms with van der Waals surface area (Å²) in [6.45, 7) is 3.91. The SMILES string of the molecule is CC1CCN(C(=O)c2ccc(C=O)cc2)CC1. The number of carbonyl (C=O) groups excluding carboxylic acids is 2. The Labute approximate surface area is 101 Å². The molecule has 0 atom stereocenters. The van der Waals surface area contributed by atoms with E-state index in [1.807, 2.05) is 4.90 Å². The highest BCUT2D eigenvalue weighted by molar-refractivity contribution is 5.94. The molecule has 1 heterocycles. The summed E-state index contributed by atoms with van der Waals surface area (Å²) in [5.41, 5.74) is 1.28. The van der Waals surface area contributed by atoms with Crippen LogP contribution in [0.4, 0.5) is 0 Å². The molecule has 0 aromatic heterocycles. The Morgan fingerprint density at radius 2 is 1.82 bits per heavy atom. The summed E-state index contributed by atoms with van der Waals surface area (Å²) in [6, 6.07) is 6.83. The lowest BCUT2D eigenvalue weighted by molar-refractivity contribution is 0.0697. The number of likely N-dealkylation sites (tertiary alicyclic amines) is 1. The van der Waals surface area contributed by atoms with Gasteiger partial charge in [-0.15, -0.1) is 0 Å². The number of hydrogen-bond acceptors (Lipinski definition) is 2. The lowest BCUT2D eigenvalue weighted by Gasteiger charge is -2.30. The van der Waals surface area contributed by atoms with Crippen molar-refractivity contribution in [1.29, 1.82) is 0 Å². The molecule has 1 saturated heterocycles. The van der Waals surface area contributed by atoms with Gasteiger partial charge in [-0.2, -0.15) is 0 Å². The number of nitrogens with zero attached hydrogens (tertiary/aromatic N) is 1. The Morgan fingerprint density at radius 3 is 2.35 bits per heavy atom. The fourth-order valence-electron chi connectivity index (χ4n) is 2.10. The van der Waals surface area contributed by atoms with E-state index in [2.05, 4.69) is 6.92 Å². The van der Waals surface area contributed by atoms with E-state index in [0.29, 0.717) is 11.1 Å². The van der Waals surface area contributed by atoms with Crippen molar-refractivity contribution >= 4 is 12.2 Å². The van der Waals surface area contributed by atoms with E-state index in [1.54, 1.807) is 24.3 Å². The lowest BCUT2D eigenvalue weighted by Crippen LogP contribution is -2.37. The Balaban J connectivity index is 2.06. The van der Waals surface area contributed by atoms with Crippen LogP contribution >= 0.6 is 0 Å². The second kappa shape index (κ2) is 5.13. The predicted octanol–water partition coefficient (Wildman–Crippen LogP) is 2.37. The maximum atomic E-state index is 12.1. The molecule has 2 rings (SSSR count). The van der Waals surface area contributed by atoms with E-state index in [-0.39, 0.29) is 5.91 Å². The normalized spacial score (nSPS) is 16.9. The molecule has 0 saturated carbocycles. The molecule has 1 fully saturated rings. The predicted molar refractivity (Wildman–Crippen MR) is 66.1 cm³/mol. The molecule has 1 aliphatic rings. The van der Waals surface area contributed by atoms with Gasteiger partial charge in [0.2, 0.25) is 0 Å². The van der Waals surface area contributed by atoms with Crippen molar-refractivity contribution in [2.24, 2.45) is 5.92 Å². The molecule has 1 aromatic carbocycles. The van der Waals surface area contributed by atoms with Crippen LogP contribution in [-0.4, -0.2) is 30.2 Å². The van der Waals surface area contributed by atoms with Crippen molar-refractivity contribution in [1.82, 2.24) is 4.90 Å². The molecule has 0 bridgehead atoms. The number of carbonyl (C=O) groups is 2. The van der Waals surface area contributed by atoms with Gasteiger partial charge in [-0.05, 0) is 30.9 Å². The van der Waals surface area contributed by atoms with Gasteiger partial charge in [0.25, 0.3) is 5.91 Å². The molecular weight excluding hydrogens is 214 g/mol. The molecule has 90 valence electrons. The number of benzene rings is 1. The summed E-state index contributed by atoms with van der Waals surface area (Å²) in [5.74, 6) is 0.797. The Bertz CT molecular complexity index is 403. The zero-order chi connectivity index (χ0) is 12.3. The number of rotatable bonds is 2. The number of aldehydes is 1. The van der Waals surface area contributed by atoms with Crippen molar-refractivity contribution in [3.8, 4) is 0 Å². The van der Waals surface area contributed by atoms with E-state index in [9.17, 15) is 9.59 Å². The zero-order valence-corrected chi connectivity index (χ0v) is 10.1. The van der Waals surface area contributed by atoms with Crippen LogP contribution in [0.1, 0.15) is 40.5 Å². The first-order valence-corrected chi connectivity index (χ1v) is 6.05. The summed E-state index contributed by atoms with van der Waals surface area (Å²) in [6.07, 6.45) is 2.95. The third-order valence-electron chi connectivity index (χ3n) is 3.36. The van der Waals surface area contributed by atoms with Gasteiger partial charge in [0.1, 0.15) is 6.29 Å². The van der Waals surface area contributed by atoms with Crippen molar-refractivity contribution in [3.05, 3.63) is 35.4 Å². The highest BCUT2D eigenvalue weighted by atomic mass is 16.2. The maximum absolute atomic E-state index is 12.1. The minimum Gasteiger partial charge on any atom is -0.339 e. The first-order chi connectivity index (χ1) is 8.20. The second-order valence-corrected chi connectivity index (χ2v) is 4.71. The lowest BCUT2D eigenvalue weighted by atomic mass is 9.98. The van der Waals surface area contributed by atoms with E-state index in [1.165, 1.54) is 0 Å². The first kappa shape index (κ1) is 11.8. The molecule has 17 heavy (non-hydrogen) atoms. The molecule has 0 spiro atoms. The summed E-state index contributed by atoms with van der Waals surface area (Å²) < 4.78 is 0. The van der Waals surface area contributed by atoms with Crippen molar-refractivity contribution in [2.75, 3.05) is 13.1 Å². The van der Waals surface area contributed by atoms with Crippen LogP contribution in [0.3, 0.4) is 0 Å². The van der Waals surface area contributed by atoms with Gasteiger partial charge in [-0.25, -0.2) is 0 Å². The van der Waals surface area contributed by atoms with E-state index < -0.39 is 0 Å². The van der Waals surface area contributed by atoms with Crippen LogP contribution in [0, 0.1) is 5.92 Å². The Hall–Kier alpha value is -1.64. The minimum atomic E-state index is 0.0781. The Kier molecular flexibility index (Phi) is 3.57. The molecule has 1 aliphatic heterocycles. The summed E-state index contributed by atoms with van der Waals surface area (Å²) in [4.78, 5) is 24.6. The van der Waals surface area contributed by atoms with Gasteiger partial charge in [0.15, 0.2) is 0 Å². The third-order valence-corrected chi connectivity index (χ3v) is 3.36. The van der Waals surface area contributed by atoms with Crippen molar-refractivity contribution in [3.63, 3.8) is 0 Å². The van der Waals surface area contributed by atoms with Gasteiger partial charge in [-0.3, -0.25) is 9.59 Å². The fourth-order valence-corrected chi connectivity index (χ4v) is 2.10. The quantitative estimate of drug-likeness (QED) is 0.733. The van der Waals surface area contributed by atoms with Gasteiger partial charge in [-0.1, -0.05) is 19.1 Å². The van der Waals surface area contributed by atoms with Crippen LogP contribution in [0.15, 0.2) is 24.3 Å². The highest BCUT2D eigenvalue weighted by Gasteiger charge is 2.21. The smallest absolute Gasteiger partial charge is 0.253 e. The monoisotopic (exact) mass is 231 g/mol. The molecule has 1 amide bonds. The summed E-state index contributed by atoms with van der Waals surface area (Å²) in [5, 5.41) is 0. The molecule has 1 aromatic rings. The van der Waals surface area contributed by atoms with E-state index in [0.717, 1.165) is 38.1 Å². The van der Waals surface area contributed by atoms with Crippen LogP contribution in [0.5, 0.6) is 0 Å². The molecular formula is C14H17NO2. The molecule has 0 aliphatic carbocycles. The fraction of sp³-hybridized carbons (Fsp3) is 0.429. The zero-order valence-electron chi connectivity index (χ0n) is 10.1. The van der Waals surface area contributed by atoms with Gasteiger partial charge in [0.05, 0.1) is 0 Å². The second-order valence-electron chi connectivity index (χ2n) is 4.71. The number of piperidine rings is 1. The van der Waals surface area contributed by atoms with Crippen LogP contribution in [0.2, 0.25) is 0 Å². The number of hydrogen-bond donors (Lipinski definition) is 0. The van der Waals surface area contributed by atoms with Crippen LogP contribution < -0.4 is 0 Å². The molecule has 0 unspecified atom stereocenters. The van der Waals surface area contributed by atoms with Gasteiger partial charge < -0.3 is 4.90 Å². The van der Waals surface area contributed by atoms with Gasteiger partial charge in [0, 0.05) is 24.2 Å². The molecule has 0 radical (unpaired) electrons. The maximum Gasteiger partial charge on any atom is 0.253 e. The summed E-state index contributed by atoms with van der Waals surface area (Å²) >= 11 is 0. The highest BCUT2D eigenvalue weighted by Crippen LogP contribution is 2.18. The average molecular weight is 231 g/mol. The molecule has 3 nitrogen and oxygen atoms in total. The van der Waals surface area contributed by atoms with Crippen LogP contribution in [0.25, 0.3) is 0 Å². The van der Waals surface area contributed by atoms with E-state index in [4.69, 9.17) is 0 Å². The van der Waals surface area contributed by atoms with Crippen molar-refractivity contribution in [2.45, 2.75) is 19.8 Å². The molecule has 3 heteroatoms. The first-order valence-electron chi connectivity index (χ1n) is 6.05. The Morgan fingerprint density at radius 1 is 1.24 bits per heavy atom. The minimum absolute atomic E-state index is 0.0781. The average Bonchev–Trinajstić information content (AvgIpc) is 2.39. The standard InChI is InChI=1S/C14H17NO2/c1-11-6-8-15(9-7-11)14(17)13-4-2-12(10-16)3-5-13/h2-5,10-11H,6-9H2,1H3. The molecule has 0 N–H and O–H groups in total. The van der Waals surface area contributed by atoms with Gasteiger partial charge >= 0.3 is 0 Å². The number of amides is 1.